The Morgan fingerprint density at radius 1 is 1.43 bits per heavy atom. The second-order valence-electron chi connectivity index (χ2n) is 5.30. The summed E-state index contributed by atoms with van der Waals surface area (Å²) in [5.74, 6) is -0.180. The number of ether oxygens (including phenoxy) is 1. The summed E-state index contributed by atoms with van der Waals surface area (Å²) in [4.78, 5) is 13.9. The van der Waals surface area contributed by atoms with E-state index in [2.05, 4.69) is 5.10 Å². The fourth-order valence-corrected chi connectivity index (χ4v) is 2.67. The lowest BCUT2D eigenvalue weighted by Crippen LogP contribution is -2.49. The van der Waals surface area contributed by atoms with E-state index in [1.165, 1.54) is 4.68 Å². The van der Waals surface area contributed by atoms with Crippen molar-refractivity contribution in [3.05, 3.63) is 16.4 Å². The van der Waals surface area contributed by atoms with Gasteiger partial charge in [-0.05, 0) is 20.8 Å². The molecule has 1 fully saturated rings. The van der Waals surface area contributed by atoms with Crippen LogP contribution < -0.4 is 0 Å². The van der Waals surface area contributed by atoms with Crippen molar-refractivity contribution in [3.63, 3.8) is 0 Å². The molecule has 1 aliphatic heterocycles. The zero-order valence-corrected chi connectivity index (χ0v) is 12.9. The molecule has 0 radical (unpaired) electrons. The lowest BCUT2D eigenvalue weighted by molar-refractivity contribution is -0.144. The standard InChI is InChI=1S/C13H18ClF2N3O2/c1-7-4-18(5-8(2)21-7)10(20)6-19-9(3)11(14)12(17-19)13(15)16/h7-8,13H,4-6H2,1-3H3. The largest absolute Gasteiger partial charge is 0.372 e. The van der Waals surface area contributed by atoms with Crippen LogP contribution in [0.15, 0.2) is 0 Å². The fourth-order valence-electron chi connectivity index (χ4n) is 2.45. The number of nitrogens with zero attached hydrogens (tertiary/aromatic N) is 3. The third-order valence-electron chi connectivity index (χ3n) is 3.42. The van der Waals surface area contributed by atoms with E-state index in [4.69, 9.17) is 16.3 Å². The van der Waals surface area contributed by atoms with E-state index in [-0.39, 0.29) is 29.7 Å². The van der Waals surface area contributed by atoms with Crippen molar-refractivity contribution in [2.24, 2.45) is 0 Å². The van der Waals surface area contributed by atoms with Crippen LogP contribution >= 0.6 is 11.6 Å². The maximum absolute atomic E-state index is 12.7. The van der Waals surface area contributed by atoms with Crippen LogP contribution in [0.5, 0.6) is 0 Å². The molecular formula is C13H18ClF2N3O2. The minimum atomic E-state index is -2.75. The molecular weight excluding hydrogens is 304 g/mol. The van der Waals surface area contributed by atoms with Crippen LogP contribution in [0.3, 0.4) is 0 Å². The predicted octanol–water partition coefficient (Wildman–Crippen LogP) is 2.42. The number of carbonyl (C=O) groups excluding carboxylic acids is 1. The number of amides is 1. The molecule has 0 aliphatic carbocycles. The SMILES string of the molecule is Cc1c(Cl)c(C(F)F)nn1CC(=O)N1CC(C)OC(C)C1. The molecule has 8 heteroatoms. The van der Waals surface area contributed by atoms with Crippen LogP contribution in [-0.2, 0) is 16.1 Å². The average molecular weight is 322 g/mol. The zero-order chi connectivity index (χ0) is 15.7. The average Bonchev–Trinajstić information content (AvgIpc) is 2.66. The van der Waals surface area contributed by atoms with Gasteiger partial charge in [-0.25, -0.2) is 8.78 Å². The number of alkyl halides is 2. The lowest BCUT2D eigenvalue weighted by atomic mass is 10.2. The Balaban J connectivity index is 2.11. The van der Waals surface area contributed by atoms with Gasteiger partial charge in [0.1, 0.15) is 12.2 Å². The van der Waals surface area contributed by atoms with E-state index >= 15 is 0 Å². The highest BCUT2D eigenvalue weighted by atomic mass is 35.5. The minimum Gasteiger partial charge on any atom is -0.372 e. The van der Waals surface area contributed by atoms with E-state index in [1.54, 1.807) is 11.8 Å². The maximum Gasteiger partial charge on any atom is 0.283 e. The number of hydrogen-bond donors (Lipinski definition) is 0. The number of morpholine rings is 1. The third-order valence-corrected chi connectivity index (χ3v) is 3.89. The third kappa shape index (κ3) is 3.52. The van der Waals surface area contributed by atoms with Crippen molar-refractivity contribution < 1.29 is 18.3 Å². The molecule has 2 heterocycles. The van der Waals surface area contributed by atoms with Gasteiger partial charge < -0.3 is 9.64 Å². The second kappa shape index (κ2) is 6.27. The Bertz CT molecular complexity index is 526. The molecule has 0 N–H and O–H groups in total. The first kappa shape index (κ1) is 16.2. The number of carbonyl (C=O) groups is 1. The van der Waals surface area contributed by atoms with E-state index < -0.39 is 12.1 Å². The van der Waals surface area contributed by atoms with Crippen molar-refractivity contribution in [3.8, 4) is 0 Å². The lowest BCUT2D eigenvalue weighted by Gasteiger charge is -2.35. The van der Waals surface area contributed by atoms with Crippen molar-refractivity contribution in [2.75, 3.05) is 13.1 Å². The molecule has 2 atom stereocenters. The molecule has 0 aromatic carbocycles. The summed E-state index contributed by atoms with van der Waals surface area (Å²) in [6.45, 7) is 6.22. The van der Waals surface area contributed by atoms with Crippen molar-refractivity contribution in [2.45, 2.75) is 45.9 Å². The molecule has 2 unspecified atom stereocenters. The van der Waals surface area contributed by atoms with E-state index in [0.717, 1.165) is 0 Å². The van der Waals surface area contributed by atoms with Gasteiger partial charge in [0, 0.05) is 13.1 Å². The molecule has 118 valence electrons. The number of aromatic nitrogens is 2. The first-order valence-corrected chi connectivity index (χ1v) is 7.11. The van der Waals surface area contributed by atoms with Crippen LogP contribution in [-0.4, -0.2) is 45.9 Å². The first-order valence-electron chi connectivity index (χ1n) is 6.73. The minimum absolute atomic E-state index is 0.0448. The number of hydrogen-bond acceptors (Lipinski definition) is 3. The van der Waals surface area contributed by atoms with Gasteiger partial charge >= 0.3 is 0 Å². The Hall–Kier alpha value is -1.21. The summed E-state index contributed by atoms with van der Waals surface area (Å²) < 4.78 is 32.3. The van der Waals surface area contributed by atoms with Crippen LogP contribution in [0.2, 0.25) is 5.02 Å². The summed E-state index contributed by atoms with van der Waals surface area (Å²) in [5.41, 5.74) is -0.111. The summed E-state index contributed by atoms with van der Waals surface area (Å²) in [6.07, 6.45) is -2.84. The molecule has 1 amide bonds. The highest BCUT2D eigenvalue weighted by Gasteiger charge is 2.27. The highest BCUT2D eigenvalue weighted by molar-refractivity contribution is 6.31. The van der Waals surface area contributed by atoms with Crippen molar-refractivity contribution in [1.29, 1.82) is 0 Å². The quantitative estimate of drug-likeness (QED) is 0.859. The molecule has 0 saturated carbocycles. The van der Waals surface area contributed by atoms with Gasteiger partial charge in [-0.2, -0.15) is 5.10 Å². The van der Waals surface area contributed by atoms with Crippen LogP contribution in [0.1, 0.15) is 31.7 Å². The number of halogens is 3. The van der Waals surface area contributed by atoms with E-state index in [1.807, 2.05) is 13.8 Å². The fraction of sp³-hybridized carbons (Fsp3) is 0.692. The smallest absolute Gasteiger partial charge is 0.283 e. The molecule has 0 bridgehead atoms. The maximum atomic E-state index is 12.7. The summed E-state index contributed by atoms with van der Waals surface area (Å²) in [6, 6.07) is 0. The molecule has 21 heavy (non-hydrogen) atoms. The van der Waals surface area contributed by atoms with Gasteiger partial charge in [0.15, 0.2) is 0 Å². The second-order valence-corrected chi connectivity index (χ2v) is 5.68. The van der Waals surface area contributed by atoms with Crippen molar-refractivity contribution in [1.82, 2.24) is 14.7 Å². The Morgan fingerprint density at radius 2 is 2.00 bits per heavy atom. The normalized spacial score (nSPS) is 22.9. The van der Waals surface area contributed by atoms with E-state index in [0.29, 0.717) is 18.8 Å². The highest BCUT2D eigenvalue weighted by Crippen LogP contribution is 2.28. The van der Waals surface area contributed by atoms with Gasteiger partial charge in [0.25, 0.3) is 6.43 Å². The summed E-state index contributed by atoms with van der Waals surface area (Å²) in [7, 11) is 0. The van der Waals surface area contributed by atoms with Gasteiger partial charge in [-0.1, -0.05) is 11.6 Å². The molecule has 1 aliphatic rings. The topological polar surface area (TPSA) is 47.4 Å². The molecule has 1 aromatic rings. The molecule has 2 rings (SSSR count). The van der Waals surface area contributed by atoms with Crippen LogP contribution in [0, 0.1) is 6.92 Å². The number of rotatable bonds is 3. The van der Waals surface area contributed by atoms with Gasteiger partial charge in [0.05, 0.1) is 22.9 Å². The zero-order valence-electron chi connectivity index (χ0n) is 12.1. The van der Waals surface area contributed by atoms with Crippen LogP contribution in [0.4, 0.5) is 8.78 Å². The predicted molar refractivity (Wildman–Crippen MR) is 73.5 cm³/mol. The molecule has 0 spiro atoms. The monoisotopic (exact) mass is 321 g/mol. The van der Waals surface area contributed by atoms with Crippen molar-refractivity contribution >= 4 is 17.5 Å². The summed E-state index contributed by atoms with van der Waals surface area (Å²) >= 11 is 5.82. The Labute approximate surface area is 126 Å². The van der Waals surface area contributed by atoms with Gasteiger partial charge in [-0.15, -0.1) is 0 Å². The van der Waals surface area contributed by atoms with E-state index in [9.17, 15) is 13.6 Å². The Morgan fingerprint density at radius 3 is 2.48 bits per heavy atom. The molecule has 5 nitrogen and oxygen atoms in total. The first-order chi connectivity index (χ1) is 9.79. The Kier molecular flexibility index (Phi) is 4.83. The van der Waals surface area contributed by atoms with Gasteiger partial charge in [0.2, 0.25) is 5.91 Å². The van der Waals surface area contributed by atoms with Crippen LogP contribution in [0.25, 0.3) is 0 Å². The van der Waals surface area contributed by atoms with Gasteiger partial charge in [-0.3, -0.25) is 9.48 Å². The summed E-state index contributed by atoms with van der Waals surface area (Å²) in [5, 5.41) is 3.66. The molecule has 1 aromatic heterocycles. The molecule has 1 saturated heterocycles.